The fraction of sp³-hybridized carbons (Fsp3) is 0.267. The summed E-state index contributed by atoms with van der Waals surface area (Å²) < 4.78 is 0. The molecule has 0 spiro atoms. The number of rotatable bonds is 6. The fourth-order valence-electron chi connectivity index (χ4n) is 1.87. The molecule has 2 aromatic heterocycles. The van der Waals surface area contributed by atoms with E-state index in [0.29, 0.717) is 18.7 Å². The third-order valence-electron chi connectivity index (χ3n) is 2.88. The number of nitrogens with zero attached hydrogens (tertiary/aromatic N) is 1. The van der Waals surface area contributed by atoms with Gasteiger partial charge in [-0.1, -0.05) is 0 Å². The normalized spacial score (nSPS) is 10.2. The highest BCUT2D eigenvalue weighted by atomic mass is 32.1. The van der Waals surface area contributed by atoms with Gasteiger partial charge in [0.25, 0.3) is 0 Å². The number of aryl methyl sites for hydroxylation is 1. The minimum absolute atomic E-state index is 0.0346. The van der Waals surface area contributed by atoms with E-state index in [4.69, 9.17) is 5.11 Å². The Hall–Kier alpha value is -2.41. The number of carbonyl (C=O) groups is 2. The summed E-state index contributed by atoms with van der Waals surface area (Å²) in [5, 5.41) is 13.9. The number of urea groups is 1. The van der Waals surface area contributed by atoms with Gasteiger partial charge in [0.2, 0.25) is 0 Å². The standard InChI is InChI=1S/C15H17N3O3S/c1-10-6-7-12(22-10)14-11(4-2-8-16-14)18-15(21)17-9-3-5-13(19)20/h2,4,6-8H,3,5,9H2,1H3,(H,19,20)(H2,17,18,21). The van der Waals surface area contributed by atoms with Crippen LogP contribution in [0.1, 0.15) is 17.7 Å². The summed E-state index contributed by atoms with van der Waals surface area (Å²) in [5.41, 5.74) is 1.35. The molecule has 22 heavy (non-hydrogen) atoms. The van der Waals surface area contributed by atoms with Gasteiger partial charge in [0.05, 0.1) is 10.6 Å². The molecule has 0 aliphatic rings. The third kappa shape index (κ3) is 4.56. The van der Waals surface area contributed by atoms with Crippen LogP contribution < -0.4 is 10.6 Å². The van der Waals surface area contributed by atoms with Gasteiger partial charge in [-0.05, 0) is 37.6 Å². The Balaban J connectivity index is 1.98. The Morgan fingerprint density at radius 2 is 2.14 bits per heavy atom. The van der Waals surface area contributed by atoms with Crippen LogP contribution in [0.15, 0.2) is 30.5 Å². The van der Waals surface area contributed by atoms with E-state index < -0.39 is 5.97 Å². The number of carboxylic acids is 1. The lowest BCUT2D eigenvalue weighted by Crippen LogP contribution is -2.30. The van der Waals surface area contributed by atoms with Crippen molar-refractivity contribution in [1.29, 1.82) is 0 Å². The maximum atomic E-state index is 11.9. The quantitative estimate of drug-likeness (QED) is 0.713. The SMILES string of the molecule is Cc1ccc(-c2ncccc2NC(=O)NCCCC(=O)O)s1. The van der Waals surface area contributed by atoms with E-state index in [2.05, 4.69) is 15.6 Å². The fourth-order valence-corrected chi connectivity index (χ4v) is 2.75. The number of carbonyl (C=O) groups excluding carboxylic acids is 1. The number of aliphatic carboxylic acids is 1. The van der Waals surface area contributed by atoms with Crippen LogP contribution in [0, 0.1) is 6.92 Å². The predicted octanol–water partition coefficient (Wildman–Crippen LogP) is 3.10. The summed E-state index contributed by atoms with van der Waals surface area (Å²) in [6.45, 7) is 2.32. The molecule has 0 aliphatic heterocycles. The largest absolute Gasteiger partial charge is 0.481 e. The molecular weight excluding hydrogens is 302 g/mol. The van der Waals surface area contributed by atoms with Crippen LogP contribution in [0.25, 0.3) is 10.6 Å². The zero-order chi connectivity index (χ0) is 15.9. The second kappa shape index (κ2) is 7.56. The van der Waals surface area contributed by atoms with E-state index in [1.54, 1.807) is 29.7 Å². The number of aromatic nitrogens is 1. The Morgan fingerprint density at radius 1 is 1.32 bits per heavy atom. The van der Waals surface area contributed by atoms with Gasteiger partial charge in [-0.15, -0.1) is 11.3 Å². The van der Waals surface area contributed by atoms with Gasteiger partial charge in [0.15, 0.2) is 0 Å². The molecule has 0 aromatic carbocycles. The van der Waals surface area contributed by atoms with E-state index in [-0.39, 0.29) is 12.5 Å². The molecule has 0 radical (unpaired) electrons. The first-order valence-corrected chi connectivity index (χ1v) is 7.66. The maximum Gasteiger partial charge on any atom is 0.319 e. The lowest BCUT2D eigenvalue weighted by Gasteiger charge is -2.10. The van der Waals surface area contributed by atoms with Gasteiger partial charge in [0.1, 0.15) is 5.69 Å². The number of pyridine rings is 1. The van der Waals surface area contributed by atoms with Crippen molar-refractivity contribution in [2.45, 2.75) is 19.8 Å². The highest BCUT2D eigenvalue weighted by Crippen LogP contribution is 2.31. The van der Waals surface area contributed by atoms with Crippen LogP contribution in [-0.2, 0) is 4.79 Å². The molecular formula is C15H17N3O3S. The first-order chi connectivity index (χ1) is 10.6. The molecule has 2 amide bonds. The van der Waals surface area contributed by atoms with Crippen molar-refractivity contribution in [3.63, 3.8) is 0 Å². The van der Waals surface area contributed by atoms with Crippen LogP contribution in [-0.4, -0.2) is 28.6 Å². The van der Waals surface area contributed by atoms with Crippen molar-refractivity contribution in [2.75, 3.05) is 11.9 Å². The molecule has 0 atom stereocenters. The first-order valence-electron chi connectivity index (χ1n) is 6.85. The van der Waals surface area contributed by atoms with Crippen LogP contribution in [0.3, 0.4) is 0 Å². The van der Waals surface area contributed by atoms with Gasteiger partial charge >= 0.3 is 12.0 Å². The number of carboxylic acid groups (broad SMARTS) is 1. The molecule has 0 unspecified atom stereocenters. The van der Waals surface area contributed by atoms with Crippen LogP contribution in [0.4, 0.5) is 10.5 Å². The van der Waals surface area contributed by atoms with Crippen molar-refractivity contribution in [2.24, 2.45) is 0 Å². The monoisotopic (exact) mass is 319 g/mol. The Morgan fingerprint density at radius 3 is 2.82 bits per heavy atom. The number of amides is 2. The molecule has 0 saturated heterocycles. The zero-order valence-electron chi connectivity index (χ0n) is 12.1. The predicted molar refractivity (Wildman–Crippen MR) is 86.2 cm³/mol. The van der Waals surface area contributed by atoms with Gasteiger partial charge in [0, 0.05) is 24.0 Å². The third-order valence-corrected chi connectivity index (χ3v) is 3.89. The number of nitrogens with one attached hydrogen (secondary N) is 2. The highest BCUT2D eigenvalue weighted by molar-refractivity contribution is 7.15. The van der Waals surface area contributed by atoms with Crippen LogP contribution in [0.2, 0.25) is 0 Å². The van der Waals surface area contributed by atoms with Crippen molar-refractivity contribution in [3.8, 4) is 10.6 Å². The topological polar surface area (TPSA) is 91.3 Å². The van der Waals surface area contributed by atoms with E-state index in [1.165, 1.54) is 4.88 Å². The van der Waals surface area contributed by atoms with Gasteiger partial charge in [-0.25, -0.2) is 4.79 Å². The average Bonchev–Trinajstić information content (AvgIpc) is 2.90. The molecule has 0 aliphatic carbocycles. The highest BCUT2D eigenvalue weighted by Gasteiger charge is 2.10. The molecule has 2 aromatic rings. The second-order valence-corrected chi connectivity index (χ2v) is 5.98. The number of thiophene rings is 1. The lowest BCUT2D eigenvalue weighted by molar-refractivity contribution is -0.137. The molecule has 6 nitrogen and oxygen atoms in total. The lowest BCUT2D eigenvalue weighted by atomic mass is 10.2. The molecule has 3 N–H and O–H groups in total. The summed E-state index contributed by atoms with van der Waals surface area (Å²) in [6.07, 6.45) is 2.11. The molecule has 7 heteroatoms. The van der Waals surface area contributed by atoms with Crippen molar-refractivity contribution in [3.05, 3.63) is 35.3 Å². The summed E-state index contributed by atoms with van der Waals surface area (Å²) in [5.74, 6) is -0.871. The molecule has 0 fully saturated rings. The van der Waals surface area contributed by atoms with Gasteiger partial charge in [-0.2, -0.15) is 0 Å². The summed E-state index contributed by atoms with van der Waals surface area (Å²) in [4.78, 5) is 28.7. The number of anilines is 1. The van der Waals surface area contributed by atoms with E-state index in [1.807, 2.05) is 19.1 Å². The summed E-state index contributed by atoms with van der Waals surface area (Å²) in [7, 11) is 0. The van der Waals surface area contributed by atoms with Gasteiger partial charge < -0.3 is 15.7 Å². The number of hydrogen-bond donors (Lipinski definition) is 3. The van der Waals surface area contributed by atoms with Crippen LogP contribution >= 0.6 is 11.3 Å². The Kier molecular flexibility index (Phi) is 5.48. The second-order valence-electron chi connectivity index (χ2n) is 4.69. The maximum absolute atomic E-state index is 11.9. The first kappa shape index (κ1) is 16.0. The van der Waals surface area contributed by atoms with E-state index in [0.717, 1.165) is 10.6 Å². The Labute approximate surface area is 132 Å². The van der Waals surface area contributed by atoms with Crippen molar-refractivity contribution < 1.29 is 14.7 Å². The Bertz CT molecular complexity index is 670. The molecule has 0 bridgehead atoms. The smallest absolute Gasteiger partial charge is 0.319 e. The van der Waals surface area contributed by atoms with Crippen molar-refractivity contribution in [1.82, 2.24) is 10.3 Å². The molecule has 0 saturated carbocycles. The minimum Gasteiger partial charge on any atom is -0.481 e. The number of hydrogen-bond acceptors (Lipinski definition) is 4. The molecule has 2 rings (SSSR count). The van der Waals surface area contributed by atoms with E-state index in [9.17, 15) is 9.59 Å². The molecule has 2 heterocycles. The van der Waals surface area contributed by atoms with Crippen LogP contribution in [0.5, 0.6) is 0 Å². The average molecular weight is 319 g/mol. The zero-order valence-corrected chi connectivity index (χ0v) is 12.9. The summed E-state index contributed by atoms with van der Waals surface area (Å²) >= 11 is 1.61. The van der Waals surface area contributed by atoms with Gasteiger partial charge in [-0.3, -0.25) is 9.78 Å². The minimum atomic E-state index is -0.871. The summed E-state index contributed by atoms with van der Waals surface area (Å²) in [6, 6.07) is 7.15. The van der Waals surface area contributed by atoms with Crippen molar-refractivity contribution >= 4 is 29.0 Å². The molecule has 116 valence electrons. The van der Waals surface area contributed by atoms with E-state index >= 15 is 0 Å².